The highest BCUT2D eigenvalue weighted by Gasteiger charge is 2.02. The van der Waals surface area contributed by atoms with Gasteiger partial charge in [0.25, 0.3) is 0 Å². The molecule has 0 saturated carbocycles. The van der Waals surface area contributed by atoms with Crippen LogP contribution >= 0.6 is 15.9 Å². The van der Waals surface area contributed by atoms with Gasteiger partial charge in [0.05, 0.1) is 13.3 Å². The Kier molecular flexibility index (Phi) is 3.70. The van der Waals surface area contributed by atoms with Crippen molar-refractivity contribution in [2.45, 2.75) is 0 Å². The zero-order valence-corrected chi connectivity index (χ0v) is 8.84. The molecule has 0 amide bonds. The molecular weight excluding hydrogens is 234 g/mol. The maximum absolute atomic E-state index is 5.05. The van der Waals surface area contributed by atoms with Crippen molar-refractivity contribution in [3.63, 3.8) is 0 Å². The van der Waals surface area contributed by atoms with Crippen molar-refractivity contribution in [2.24, 2.45) is 0 Å². The van der Waals surface area contributed by atoms with E-state index in [1.807, 2.05) is 0 Å². The summed E-state index contributed by atoms with van der Waals surface area (Å²) in [6, 6.07) is 0. The van der Waals surface area contributed by atoms with E-state index in [0.717, 1.165) is 4.48 Å². The van der Waals surface area contributed by atoms with Gasteiger partial charge in [0.1, 0.15) is 6.33 Å². The number of hydrogen-bond donors (Lipinski definition) is 1. The van der Waals surface area contributed by atoms with Crippen LogP contribution in [0.25, 0.3) is 0 Å². The van der Waals surface area contributed by atoms with Gasteiger partial charge in [0.2, 0.25) is 0 Å². The molecule has 0 fully saturated rings. The summed E-state index contributed by atoms with van der Waals surface area (Å²) in [6.07, 6.45) is 3.06. The van der Waals surface area contributed by atoms with E-state index in [4.69, 9.17) is 4.74 Å². The summed E-state index contributed by atoms with van der Waals surface area (Å²) in [7, 11) is 1.58. The molecule has 0 aliphatic heterocycles. The molecule has 1 aromatic heterocycles. The van der Waals surface area contributed by atoms with Gasteiger partial charge < -0.3 is 10.1 Å². The van der Waals surface area contributed by atoms with Gasteiger partial charge in [-0.25, -0.2) is 9.97 Å². The quantitative estimate of drug-likeness (QED) is 0.877. The molecule has 1 N–H and O–H groups in total. The smallest absolute Gasteiger partial charge is 0.179 e. The number of aromatic nitrogens is 2. The molecule has 1 rings (SSSR count). The van der Waals surface area contributed by atoms with Crippen molar-refractivity contribution in [3.05, 3.63) is 23.6 Å². The van der Waals surface area contributed by atoms with Crippen LogP contribution in [-0.2, 0) is 0 Å². The molecule has 4 nitrogen and oxygen atoms in total. The van der Waals surface area contributed by atoms with Crippen LogP contribution < -0.4 is 10.1 Å². The summed E-state index contributed by atoms with van der Waals surface area (Å²) in [5, 5.41) is 3.04. The van der Waals surface area contributed by atoms with E-state index in [-0.39, 0.29) is 0 Å². The van der Waals surface area contributed by atoms with Crippen molar-refractivity contribution >= 4 is 21.7 Å². The van der Waals surface area contributed by atoms with Crippen LogP contribution in [-0.4, -0.2) is 23.6 Å². The van der Waals surface area contributed by atoms with Gasteiger partial charge in [-0.1, -0.05) is 22.5 Å². The maximum atomic E-state index is 5.05. The van der Waals surface area contributed by atoms with Gasteiger partial charge in [-0.05, 0) is 0 Å². The lowest BCUT2D eigenvalue weighted by atomic mass is 10.5. The molecule has 0 aliphatic carbocycles. The lowest BCUT2D eigenvalue weighted by Gasteiger charge is -2.07. The molecule has 1 aromatic rings. The summed E-state index contributed by atoms with van der Waals surface area (Å²) in [5.74, 6) is 1.29. The fourth-order valence-electron chi connectivity index (χ4n) is 0.779. The third kappa shape index (κ3) is 3.02. The first-order valence-corrected chi connectivity index (χ1v) is 4.44. The first-order valence-electron chi connectivity index (χ1n) is 3.65. The predicted octanol–water partition coefficient (Wildman–Crippen LogP) is 1.81. The average Bonchev–Trinajstić information content (AvgIpc) is 2.15. The Morgan fingerprint density at radius 3 is 3.15 bits per heavy atom. The van der Waals surface area contributed by atoms with Crippen LogP contribution in [0.15, 0.2) is 23.6 Å². The number of nitrogens with one attached hydrogen (secondary N) is 1. The van der Waals surface area contributed by atoms with Gasteiger partial charge in [0, 0.05) is 11.0 Å². The number of nitrogens with zero attached hydrogens (tertiary/aromatic N) is 2. The van der Waals surface area contributed by atoms with Crippen molar-refractivity contribution in [1.29, 1.82) is 0 Å². The highest BCUT2D eigenvalue weighted by Crippen LogP contribution is 2.18. The molecule has 13 heavy (non-hydrogen) atoms. The number of rotatable bonds is 4. The molecule has 0 atom stereocenters. The van der Waals surface area contributed by atoms with E-state index < -0.39 is 0 Å². The van der Waals surface area contributed by atoms with Gasteiger partial charge in [-0.15, -0.1) is 0 Å². The first kappa shape index (κ1) is 9.98. The Balaban J connectivity index is 2.69. The van der Waals surface area contributed by atoms with Crippen LogP contribution in [0.3, 0.4) is 0 Å². The van der Waals surface area contributed by atoms with E-state index in [9.17, 15) is 0 Å². The minimum absolute atomic E-state index is 0.605. The highest BCUT2D eigenvalue weighted by molar-refractivity contribution is 9.11. The molecule has 0 unspecified atom stereocenters. The molecule has 0 aliphatic rings. The summed E-state index contributed by atoms with van der Waals surface area (Å²) in [4.78, 5) is 7.85. The third-order valence-corrected chi connectivity index (χ3v) is 1.63. The van der Waals surface area contributed by atoms with Crippen LogP contribution in [0.1, 0.15) is 0 Å². The Morgan fingerprint density at radius 1 is 1.77 bits per heavy atom. The van der Waals surface area contributed by atoms with E-state index >= 15 is 0 Å². The summed E-state index contributed by atoms with van der Waals surface area (Å²) in [6.45, 7) is 4.30. The average molecular weight is 244 g/mol. The van der Waals surface area contributed by atoms with Crippen LogP contribution in [0.2, 0.25) is 0 Å². The summed E-state index contributed by atoms with van der Waals surface area (Å²) >= 11 is 3.24. The van der Waals surface area contributed by atoms with Crippen molar-refractivity contribution in [2.75, 3.05) is 19.0 Å². The van der Waals surface area contributed by atoms with Crippen molar-refractivity contribution in [3.8, 4) is 5.75 Å². The van der Waals surface area contributed by atoms with E-state index in [1.54, 1.807) is 13.3 Å². The number of methoxy groups -OCH3 is 1. The number of ether oxygens (including phenoxy) is 1. The van der Waals surface area contributed by atoms with Crippen LogP contribution in [0.5, 0.6) is 5.75 Å². The van der Waals surface area contributed by atoms with Gasteiger partial charge in [-0.3, -0.25) is 0 Å². The molecule has 0 spiro atoms. The Hall–Kier alpha value is -1.10. The second-order valence-corrected chi connectivity index (χ2v) is 3.43. The maximum Gasteiger partial charge on any atom is 0.179 e. The summed E-state index contributed by atoms with van der Waals surface area (Å²) < 4.78 is 5.90. The molecule has 5 heteroatoms. The number of hydrogen-bond acceptors (Lipinski definition) is 4. The minimum Gasteiger partial charge on any atom is -0.491 e. The van der Waals surface area contributed by atoms with Crippen LogP contribution in [0, 0.1) is 0 Å². The van der Waals surface area contributed by atoms with Gasteiger partial charge >= 0.3 is 0 Å². The van der Waals surface area contributed by atoms with E-state index in [2.05, 4.69) is 37.8 Å². The third-order valence-electron chi connectivity index (χ3n) is 1.35. The highest BCUT2D eigenvalue weighted by atomic mass is 79.9. The van der Waals surface area contributed by atoms with Gasteiger partial charge in [0.15, 0.2) is 11.6 Å². The fourth-order valence-corrected chi connectivity index (χ4v) is 0.919. The molecule has 0 saturated heterocycles. The lowest BCUT2D eigenvalue weighted by Crippen LogP contribution is -2.04. The van der Waals surface area contributed by atoms with Crippen molar-refractivity contribution in [1.82, 2.24) is 9.97 Å². The first-order chi connectivity index (χ1) is 6.24. The van der Waals surface area contributed by atoms with E-state index in [1.165, 1.54) is 6.33 Å². The Labute approximate surface area is 85.2 Å². The van der Waals surface area contributed by atoms with Crippen LogP contribution in [0.4, 0.5) is 5.82 Å². The standard InChI is InChI=1S/C8H10BrN3O/c1-6(9)3-11-8-7(13-2)4-10-5-12-8/h4-5H,1,3H2,2H3,(H,10,11,12). The molecular formula is C8H10BrN3O. The normalized spacial score (nSPS) is 9.38. The Morgan fingerprint density at radius 2 is 2.54 bits per heavy atom. The predicted molar refractivity (Wildman–Crippen MR) is 55.1 cm³/mol. The monoisotopic (exact) mass is 243 g/mol. The molecule has 0 aromatic carbocycles. The van der Waals surface area contributed by atoms with E-state index in [0.29, 0.717) is 18.1 Å². The van der Waals surface area contributed by atoms with Crippen molar-refractivity contribution < 1.29 is 4.74 Å². The molecule has 0 bridgehead atoms. The Bertz CT molecular complexity index is 303. The van der Waals surface area contributed by atoms with Gasteiger partial charge in [-0.2, -0.15) is 0 Å². The molecule has 0 radical (unpaired) electrons. The molecule has 1 heterocycles. The zero-order valence-electron chi connectivity index (χ0n) is 7.25. The largest absolute Gasteiger partial charge is 0.491 e. The SMILES string of the molecule is C=C(Br)CNc1ncncc1OC. The fraction of sp³-hybridized carbons (Fsp3) is 0.250. The number of halogens is 1. The second-order valence-electron chi connectivity index (χ2n) is 2.31. The molecule has 70 valence electrons. The summed E-state index contributed by atoms with van der Waals surface area (Å²) in [5.41, 5.74) is 0. The topological polar surface area (TPSA) is 47.0 Å². The number of anilines is 1. The minimum atomic E-state index is 0.605. The second kappa shape index (κ2) is 4.81. The zero-order chi connectivity index (χ0) is 9.68. The lowest BCUT2D eigenvalue weighted by molar-refractivity contribution is 0.413.